The summed E-state index contributed by atoms with van der Waals surface area (Å²) in [6.07, 6.45) is -0.587. The topological polar surface area (TPSA) is 71.1 Å². The van der Waals surface area contributed by atoms with Gasteiger partial charge in [0.1, 0.15) is 0 Å². The SMILES string of the molecule is CCOC(=O)C(C)(CC(OCC)OCC)C(=O)OCC. The second-order valence-electron chi connectivity index (χ2n) is 4.32. The molecule has 0 aliphatic heterocycles. The fourth-order valence-corrected chi connectivity index (χ4v) is 1.70. The summed E-state index contributed by atoms with van der Waals surface area (Å²) in [5.74, 6) is -1.24. The quantitative estimate of drug-likeness (QED) is 0.348. The van der Waals surface area contributed by atoms with Gasteiger partial charge < -0.3 is 18.9 Å². The summed E-state index contributed by atoms with van der Waals surface area (Å²) in [4.78, 5) is 24.2. The largest absolute Gasteiger partial charge is 0.465 e. The van der Waals surface area contributed by atoms with E-state index in [-0.39, 0.29) is 19.6 Å². The predicted octanol–water partition coefficient (Wildman–Crippen LogP) is 1.91. The van der Waals surface area contributed by atoms with E-state index >= 15 is 0 Å². The second-order valence-corrected chi connectivity index (χ2v) is 4.32. The molecule has 0 aromatic carbocycles. The number of ether oxygens (including phenoxy) is 4. The first kappa shape index (κ1) is 18.9. The maximum absolute atomic E-state index is 12.1. The van der Waals surface area contributed by atoms with Crippen LogP contribution in [-0.4, -0.2) is 44.7 Å². The van der Waals surface area contributed by atoms with Gasteiger partial charge >= 0.3 is 11.9 Å². The highest BCUT2D eigenvalue weighted by atomic mass is 16.7. The van der Waals surface area contributed by atoms with E-state index in [1.165, 1.54) is 6.92 Å². The average Bonchev–Trinajstić information content (AvgIpc) is 2.39. The Kier molecular flexibility index (Phi) is 9.16. The third kappa shape index (κ3) is 5.46. The zero-order valence-electron chi connectivity index (χ0n) is 13.1. The zero-order valence-corrected chi connectivity index (χ0v) is 13.1. The minimum absolute atomic E-state index is 0.0619. The molecule has 0 rings (SSSR count). The van der Waals surface area contributed by atoms with Gasteiger partial charge in [-0.25, -0.2) is 0 Å². The first-order valence-electron chi connectivity index (χ1n) is 7.03. The van der Waals surface area contributed by atoms with E-state index in [2.05, 4.69) is 0 Å². The molecule has 0 atom stereocenters. The van der Waals surface area contributed by atoms with E-state index in [0.717, 1.165) is 0 Å². The Morgan fingerprint density at radius 2 is 1.25 bits per heavy atom. The average molecular weight is 290 g/mol. The van der Waals surface area contributed by atoms with Gasteiger partial charge in [0.25, 0.3) is 0 Å². The van der Waals surface area contributed by atoms with Gasteiger partial charge in [0.05, 0.1) is 13.2 Å². The van der Waals surface area contributed by atoms with E-state index < -0.39 is 23.6 Å². The first-order valence-corrected chi connectivity index (χ1v) is 7.03. The van der Waals surface area contributed by atoms with Crippen LogP contribution in [-0.2, 0) is 28.5 Å². The molecule has 0 spiro atoms. The molecule has 0 unspecified atom stereocenters. The predicted molar refractivity (Wildman–Crippen MR) is 73.0 cm³/mol. The zero-order chi connectivity index (χ0) is 15.6. The maximum Gasteiger partial charge on any atom is 0.323 e. The van der Waals surface area contributed by atoms with E-state index in [4.69, 9.17) is 18.9 Å². The summed E-state index contributed by atoms with van der Waals surface area (Å²) in [5, 5.41) is 0. The maximum atomic E-state index is 12.1. The monoisotopic (exact) mass is 290 g/mol. The van der Waals surface area contributed by atoms with E-state index in [1.807, 2.05) is 13.8 Å². The molecule has 0 saturated carbocycles. The van der Waals surface area contributed by atoms with Gasteiger partial charge in [-0.3, -0.25) is 9.59 Å². The molecule has 6 heteroatoms. The van der Waals surface area contributed by atoms with Gasteiger partial charge in [-0.05, 0) is 34.6 Å². The van der Waals surface area contributed by atoms with Crippen molar-refractivity contribution in [1.29, 1.82) is 0 Å². The van der Waals surface area contributed by atoms with Crippen molar-refractivity contribution in [3.8, 4) is 0 Å². The van der Waals surface area contributed by atoms with E-state index in [1.54, 1.807) is 13.8 Å². The minimum Gasteiger partial charge on any atom is -0.465 e. The standard InChI is InChI=1S/C14H26O6/c1-6-17-11(18-7-2)10-14(5,12(15)19-8-3)13(16)20-9-4/h11H,6-10H2,1-5H3. The van der Waals surface area contributed by atoms with Crippen molar-refractivity contribution in [2.45, 2.75) is 47.3 Å². The number of esters is 2. The molecule has 0 amide bonds. The second kappa shape index (κ2) is 9.72. The lowest BCUT2D eigenvalue weighted by atomic mass is 9.86. The molecule has 20 heavy (non-hydrogen) atoms. The highest BCUT2D eigenvalue weighted by Gasteiger charge is 2.46. The summed E-state index contributed by atoms with van der Waals surface area (Å²) >= 11 is 0. The van der Waals surface area contributed by atoms with Crippen molar-refractivity contribution in [2.24, 2.45) is 5.41 Å². The lowest BCUT2D eigenvalue weighted by molar-refractivity contribution is -0.188. The van der Waals surface area contributed by atoms with Crippen LogP contribution in [0, 0.1) is 5.41 Å². The molecular formula is C14H26O6. The first-order chi connectivity index (χ1) is 9.46. The number of rotatable bonds is 10. The Morgan fingerprint density at radius 1 is 0.850 bits per heavy atom. The molecule has 0 N–H and O–H groups in total. The molecular weight excluding hydrogens is 264 g/mol. The molecule has 0 fully saturated rings. The normalized spacial score (nSPS) is 11.5. The van der Waals surface area contributed by atoms with Gasteiger partial charge in [0, 0.05) is 19.6 Å². The molecule has 0 heterocycles. The van der Waals surface area contributed by atoms with Crippen LogP contribution < -0.4 is 0 Å². The molecule has 0 aromatic rings. The van der Waals surface area contributed by atoms with Crippen LogP contribution in [0.4, 0.5) is 0 Å². The highest BCUT2D eigenvalue weighted by molar-refractivity contribution is 5.99. The third-order valence-corrected chi connectivity index (χ3v) is 2.73. The molecule has 0 aliphatic rings. The lowest BCUT2D eigenvalue weighted by Gasteiger charge is -2.28. The Hall–Kier alpha value is -1.14. The van der Waals surface area contributed by atoms with Crippen LogP contribution in [0.5, 0.6) is 0 Å². The van der Waals surface area contributed by atoms with Crippen molar-refractivity contribution in [3.63, 3.8) is 0 Å². The summed E-state index contributed by atoms with van der Waals surface area (Å²) < 4.78 is 20.8. The Labute approximate surface area is 120 Å². The molecule has 6 nitrogen and oxygen atoms in total. The van der Waals surface area contributed by atoms with Crippen molar-refractivity contribution in [2.75, 3.05) is 26.4 Å². The number of hydrogen-bond acceptors (Lipinski definition) is 6. The van der Waals surface area contributed by atoms with Gasteiger partial charge in [0.2, 0.25) is 0 Å². The van der Waals surface area contributed by atoms with Crippen LogP contribution in [0.1, 0.15) is 41.0 Å². The summed E-state index contributed by atoms with van der Waals surface area (Å²) in [6.45, 7) is 9.74. The highest BCUT2D eigenvalue weighted by Crippen LogP contribution is 2.29. The van der Waals surface area contributed by atoms with Crippen molar-refractivity contribution < 1.29 is 28.5 Å². The lowest BCUT2D eigenvalue weighted by Crippen LogP contribution is -2.43. The van der Waals surface area contributed by atoms with Crippen LogP contribution >= 0.6 is 0 Å². The minimum atomic E-state index is -1.43. The van der Waals surface area contributed by atoms with Crippen molar-refractivity contribution in [3.05, 3.63) is 0 Å². The van der Waals surface area contributed by atoms with Crippen LogP contribution in [0.25, 0.3) is 0 Å². The smallest absolute Gasteiger partial charge is 0.323 e. The Balaban J connectivity index is 5.08. The van der Waals surface area contributed by atoms with Gasteiger partial charge in [-0.15, -0.1) is 0 Å². The molecule has 0 aromatic heterocycles. The fraction of sp³-hybridized carbons (Fsp3) is 0.857. The Morgan fingerprint density at radius 3 is 1.55 bits per heavy atom. The van der Waals surface area contributed by atoms with Crippen molar-refractivity contribution in [1.82, 2.24) is 0 Å². The van der Waals surface area contributed by atoms with Crippen LogP contribution in [0.15, 0.2) is 0 Å². The molecule has 0 saturated heterocycles. The Bertz CT molecular complexity index is 278. The summed E-state index contributed by atoms with van der Waals surface area (Å²) in [6, 6.07) is 0. The van der Waals surface area contributed by atoms with Gasteiger partial charge in [0.15, 0.2) is 11.7 Å². The van der Waals surface area contributed by atoms with Crippen LogP contribution in [0.2, 0.25) is 0 Å². The fourth-order valence-electron chi connectivity index (χ4n) is 1.70. The number of carbonyl (C=O) groups excluding carboxylic acids is 2. The van der Waals surface area contributed by atoms with Gasteiger partial charge in [-0.1, -0.05) is 0 Å². The molecule has 0 aliphatic carbocycles. The van der Waals surface area contributed by atoms with E-state index in [9.17, 15) is 9.59 Å². The van der Waals surface area contributed by atoms with Crippen LogP contribution in [0.3, 0.4) is 0 Å². The number of carbonyl (C=O) groups is 2. The van der Waals surface area contributed by atoms with E-state index in [0.29, 0.717) is 13.2 Å². The van der Waals surface area contributed by atoms with Gasteiger partial charge in [-0.2, -0.15) is 0 Å². The molecule has 118 valence electrons. The third-order valence-electron chi connectivity index (χ3n) is 2.73. The summed E-state index contributed by atoms with van der Waals surface area (Å²) in [7, 11) is 0. The summed E-state index contributed by atoms with van der Waals surface area (Å²) in [5.41, 5.74) is -1.43. The molecule has 0 radical (unpaired) electrons. The number of hydrogen-bond donors (Lipinski definition) is 0. The van der Waals surface area contributed by atoms with Crippen molar-refractivity contribution >= 4 is 11.9 Å². The molecule has 0 bridgehead atoms.